The summed E-state index contributed by atoms with van der Waals surface area (Å²) in [7, 11) is 0. The van der Waals surface area contributed by atoms with Crippen LogP contribution < -0.4 is 0 Å². The Morgan fingerprint density at radius 1 is 1.20 bits per heavy atom. The summed E-state index contributed by atoms with van der Waals surface area (Å²) in [5.74, 6) is -0.305. The van der Waals surface area contributed by atoms with E-state index in [0.29, 0.717) is 31.6 Å². The molecule has 1 fully saturated rings. The summed E-state index contributed by atoms with van der Waals surface area (Å²) >= 11 is 0. The lowest BCUT2D eigenvalue weighted by Crippen LogP contribution is -2.53. The number of nitrogens with zero attached hydrogens (tertiary/aromatic N) is 4. The van der Waals surface area contributed by atoms with Gasteiger partial charge in [0.05, 0.1) is 23.3 Å². The minimum atomic E-state index is -0.928. The van der Waals surface area contributed by atoms with Gasteiger partial charge in [-0.2, -0.15) is 5.10 Å². The summed E-state index contributed by atoms with van der Waals surface area (Å²) in [5, 5.41) is 16.3. The lowest BCUT2D eigenvalue weighted by atomic mass is 9.64. The monoisotopic (exact) mass is 476 g/mol. The van der Waals surface area contributed by atoms with Gasteiger partial charge < -0.3 is 14.7 Å². The first kappa shape index (κ1) is 23.2. The number of carbonyl (C=O) groups excluding carboxylic acids is 1. The molecule has 1 aliphatic carbocycles. The second kappa shape index (κ2) is 8.61. The van der Waals surface area contributed by atoms with Crippen molar-refractivity contribution in [1.82, 2.24) is 19.7 Å². The van der Waals surface area contributed by atoms with E-state index in [1.54, 1.807) is 40.2 Å². The summed E-state index contributed by atoms with van der Waals surface area (Å²) < 4.78 is 20.9. The van der Waals surface area contributed by atoms with Crippen LogP contribution in [0.15, 0.2) is 60.4 Å². The molecule has 5 rings (SSSR count). The van der Waals surface area contributed by atoms with Crippen LogP contribution in [0.5, 0.6) is 0 Å². The van der Waals surface area contributed by atoms with Crippen molar-refractivity contribution in [3.8, 4) is 5.69 Å². The van der Waals surface area contributed by atoms with E-state index in [4.69, 9.17) is 4.74 Å². The fourth-order valence-electron chi connectivity index (χ4n) is 5.05. The number of carbonyl (C=O) groups is 1. The Morgan fingerprint density at radius 2 is 1.97 bits per heavy atom. The fourth-order valence-corrected chi connectivity index (χ4v) is 5.05. The summed E-state index contributed by atoms with van der Waals surface area (Å²) in [6, 6.07) is 11.7. The van der Waals surface area contributed by atoms with Crippen LogP contribution in [0.2, 0.25) is 0 Å². The number of aliphatic hydroxyl groups is 1. The Bertz CT molecular complexity index is 1260. The highest BCUT2D eigenvalue weighted by molar-refractivity contribution is 5.70. The highest BCUT2D eigenvalue weighted by Crippen LogP contribution is 2.51. The van der Waals surface area contributed by atoms with Crippen molar-refractivity contribution in [2.45, 2.75) is 45.3 Å². The third-order valence-electron chi connectivity index (χ3n) is 6.68. The molecular formula is C27H29FN4O3. The quantitative estimate of drug-likeness (QED) is 0.592. The van der Waals surface area contributed by atoms with E-state index < -0.39 is 23.2 Å². The molecule has 0 saturated carbocycles. The van der Waals surface area contributed by atoms with Crippen molar-refractivity contribution in [1.29, 1.82) is 0 Å². The van der Waals surface area contributed by atoms with Gasteiger partial charge in [0.25, 0.3) is 0 Å². The normalized spacial score (nSPS) is 20.5. The van der Waals surface area contributed by atoms with Crippen molar-refractivity contribution >= 4 is 12.2 Å². The minimum Gasteiger partial charge on any atom is -0.444 e. The molecule has 35 heavy (non-hydrogen) atoms. The molecular weight excluding hydrogens is 447 g/mol. The van der Waals surface area contributed by atoms with Crippen molar-refractivity contribution in [2.75, 3.05) is 13.1 Å². The first-order valence-corrected chi connectivity index (χ1v) is 11.8. The zero-order valence-electron chi connectivity index (χ0n) is 20.1. The number of hydrogen-bond acceptors (Lipinski definition) is 5. The molecule has 1 aliphatic heterocycles. The molecule has 2 aromatic heterocycles. The molecule has 1 N–H and O–H groups in total. The summed E-state index contributed by atoms with van der Waals surface area (Å²) in [6.45, 7) is 6.31. The lowest BCUT2D eigenvalue weighted by molar-refractivity contribution is -0.0196. The van der Waals surface area contributed by atoms with E-state index in [1.807, 2.05) is 32.9 Å². The average molecular weight is 477 g/mol. The van der Waals surface area contributed by atoms with E-state index >= 15 is 0 Å². The highest BCUT2D eigenvalue weighted by Gasteiger charge is 2.50. The van der Waals surface area contributed by atoms with E-state index in [9.17, 15) is 14.3 Å². The number of halogens is 1. The van der Waals surface area contributed by atoms with Crippen molar-refractivity contribution < 1.29 is 19.0 Å². The van der Waals surface area contributed by atoms with E-state index in [1.165, 1.54) is 12.1 Å². The molecule has 8 heteroatoms. The molecule has 0 radical (unpaired) electrons. The Morgan fingerprint density at radius 3 is 2.66 bits per heavy atom. The van der Waals surface area contributed by atoms with Gasteiger partial charge >= 0.3 is 6.09 Å². The number of amides is 1. The largest absolute Gasteiger partial charge is 0.444 e. The topological polar surface area (TPSA) is 80.5 Å². The molecule has 1 saturated heterocycles. The standard InChI is InChI=1S/C27H29FN4O3/c1-26(2,3)35-25(34)31-13-11-19-14-23-18(16-30-32(23)21-9-7-20(28)8-10-21)15-27(19,17-31)24(33)22-6-4-5-12-29-22/h4-10,12,14,16,24,33H,11,13,15,17H2,1-3H3/t24-,27?/m1/s1. The van der Waals surface area contributed by atoms with Gasteiger partial charge in [-0.3, -0.25) is 4.98 Å². The number of pyridine rings is 1. The molecule has 2 aliphatic rings. The SMILES string of the molecule is CC(C)(C)OC(=O)N1CCC2=Cc3c(cnn3-c3ccc(F)cc3)CC2([C@H](O)c2ccccn2)C1. The fraction of sp³-hybridized carbons (Fsp3) is 0.370. The molecule has 3 aromatic rings. The summed E-state index contributed by atoms with van der Waals surface area (Å²) in [5.41, 5.74) is 2.81. The Balaban J connectivity index is 1.56. The maximum Gasteiger partial charge on any atom is 0.410 e. The van der Waals surface area contributed by atoms with Crippen LogP contribution in [0, 0.1) is 11.2 Å². The van der Waals surface area contributed by atoms with Crippen LogP contribution in [0.4, 0.5) is 9.18 Å². The van der Waals surface area contributed by atoms with E-state index in [2.05, 4.69) is 16.2 Å². The number of aromatic nitrogens is 3. The van der Waals surface area contributed by atoms with Crippen molar-refractivity contribution in [3.05, 3.63) is 83.2 Å². The molecule has 1 aromatic carbocycles. The molecule has 7 nitrogen and oxygen atoms in total. The van der Waals surface area contributed by atoms with Gasteiger partial charge in [0.2, 0.25) is 0 Å². The second-order valence-corrected chi connectivity index (χ2v) is 10.3. The van der Waals surface area contributed by atoms with Crippen molar-refractivity contribution in [2.24, 2.45) is 5.41 Å². The van der Waals surface area contributed by atoms with Gasteiger partial charge in [-0.25, -0.2) is 13.9 Å². The first-order valence-electron chi connectivity index (χ1n) is 11.8. The molecule has 0 bridgehead atoms. The molecule has 2 atom stereocenters. The molecule has 1 amide bonds. The van der Waals surface area contributed by atoms with Crippen LogP contribution >= 0.6 is 0 Å². The third kappa shape index (κ3) is 4.34. The number of piperidine rings is 1. The van der Waals surface area contributed by atoms with Gasteiger partial charge in [-0.15, -0.1) is 0 Å². The number of likely N-dealkylation sites (tertiary alicyclic amines) is 1. The maximum atomic E-state index is 13.5. The lowest BCUT2D eigenvalue weighted by Gasteiger charge is -2.48. The predicted molar refractivity (Wildman–Crippen MR) is 129 cm³/mol. The smallest absolute Gasteiger partial charge is 0.410 e. The van der Waals surface area contributed by atoms with Gasteiger partial charge in [-0.05, 0) is 81.7 Å². The zero-order valence-corrected chi connectivity index (χ0v) is 20.1. The van der Waals surface area contributed by atoms with Gasteiger partial charge in [0.1, 0.15) is 17.5 Å². The Labute approximate surface area is 203 Å². The Hall–Kier alpha value is -3.52. The molecule has 0 spiro atoms. The number of ether oxygens (including phenoxy) is 1. The predicted octanol–water partition coefficient (Wildman–Crippen LogP) is 4.71. The van der Waals surface area contributed by atoms with Crippen LogP contribution in [-0.2, 0) is 11.2 Å². The number of aliphatic hydroxyl groups excluding tert-OH is 1. The minimum absolute atomic E-state index is 0.298. The van der Waals surface area contributed by atoms with Crippen LogP contribution in [-0.4, -0.2) is 49.6 Å². The number of fused-ring (bicyclic) bond motifs is 2. The first-order chi connectivity index (χ1) is 16.7. The highest BCUT2D eigenvalue weighted by atomic mass is 19.1. The van der Waals surface area contributed by atoms with Crippen LogP contribution in [0.1, 0.15) is 50.2 Å². The molecule has 1 unspecified atom stereocenters. The second-order valence-electron chi connectivity index (χ2n) is 10.3. The van der Waals surface area contributed by atoms with E-state index in [0.717, 1.165) is 22.5 Å². The summed E-state index contributed by atoms with van der Waals surface area (Å²) in [6.07, 6.45) is 5.25. The molecule has 3 heterocycles. The van der Waals surface area contributed by atoms with Gasteiger partial charge in [0.15, 0.2) is 0 Å². The molecule has 182 valence electrons. The van der Waals surface area contributed by atoms with E-state index in [-0.39, 0.29) is 5.82 Å². The van der Waals surface area contributed by atoms with Crippen LogP contribution in [0.3, 0.4) is 0 Å². The van der Waals surface area contributed by atoms with Crippen molar-refractivity contribution in [3.63, 3.8) is 0 Å². The average Bonchev–Trinajstić information content (AvgIpc) is 3.24. The third-order valence-corrected chi connectivity index (χ3v) is 6.68. The summed E-state index contributed by atoms with van der Waals surface area (Å²) in [4.78, 5) is 19.1. The van der Waals surface area contributed by atoms with Crippen LogP contribution in [0.25, 0.3) is 11.8 Å². The zero-order chi connectivity index (χ0) is 24.8. The van der Waals surface area contributed by atoms with Gasteiger partial charge in [-0.1, -0.05) is 11.6 Å². The maximum absolute atomic E-state index is 13.5. The number of benzene rings is 1. The number of hydrogen-bond donors (Lipinski definition) is 1. The van der Waals surface area contributed by atoms with Gasteiger partial charge in [0, 0.05) is 24.7 Å². The number of rotatable bonds is 3. The Kier molecular flexibility index (Phi) is 5.71.